The molecule has 0 aromatic heterocycles. The first-order valence-electron chi connectivity index (χ1n) is 7.36. The van der Waals surface area contributed by atoms with Gasteiger partial charge in [0.15, 0.2) is 0 Å². The Hall–Kier alpha value is -0.610. The fraction of sp³-hybridized carbons (Fsp3) is 0.929. The molecule has 1 aliphatic rings. The molecular formula is C14H28N2O2. The van der Waals surface area contributed by atoms with E-state index in [0.717, 1.165) is 45.5 Å². The molecule has 1 saturated heterocycles. The molecule has 0 aromatic rings. The van der Waals surface area contributed by atoms with E-state index in [1.807, 2.05) is 11.8 Å². The van der Waals surface area contributed by atoms with Crippen LogP contribution < -0.4 is 5.32 Å². The first-order chi connectivity index (χ1) is 8.77. The zero-order valence-corrected chi connectivity index (χ0v) is 11.9. The Bertz CT molecular complexity index is 234. The van der Waals surface area contributed by atoms with Crippen LogP contribution in [0.1, 0.15) is 46.0 Å². The van der Waals surface area contributed by atoms with Crippen LogP contribution in [0.15, 0.2) is 0 Å². The monoisotopic (exact) mass is 256 g/mol. The molecule has 1 unspecified atom stereocenters. The lowest BCUT2D eigenvalue weighted by molar-refractivity contribution is -0.132. The number of carbonyl (C=O) groups excluding carboxylic acids is 1. The van der Waals surface area contributed by atoms with Crippen molar-refractivity contribution in [2.24, 2.45) is 0 Å². The van der Waals surface area contributed by atoms with E-state index in [-0.39, 0.29) is 5.91 Å². The normalized spacial score (nSPS) is 20.1. The van der Waals surface area contributed by atoms with Crippen molar-refractivity contribution in [3.8, 4) is 0 Å². The molecule has 1 atom stereocenters. The standard InChI is InChI=1S/C14H28N2O2/c1-3-9-15-13-7-5-10-16(12-13)14(17)8-6-11-18-4-2/h13,15H,3-12H2,1-2H3. The fourth-order valence-electron chi connectivity index (χ4n) is 2.35. The highest BCUT2D eigenvalue weighted by atomic mass is 16.5. The lowest BCUT2D eigenvalue weighted by Crippen LogP contribution is -2.48. The minimum atomic E-state index is 0.290. The van der Waals surface area contributed by atoms with Gasteiger partial charge in [0.1, 0.15) is 0 Å². The summed E-state index contributed by atoms with van der Waals surface area (Å²) in [5.41, 5.74) is 0. The number of piperidine rings is 1. The van der Waals surface area contributed by atoms with Crippen LogP contribution in [0, 0.1) is 0 Å². The molecule has 0 aromatic carbocycles. The molecule has 0 radical (unpaired) electrons. The average molecular weight is 256 g/mol. The van der Waals surface area contributed by atoms with Crippen molar-refractivity contribution in [2.45, 2.75) is 52.0 Å². The van der Waals surface area contributed by atoms with Crippen LogP contribution in [0.3, 0.4) is 0 Å². The number of amides is 1. The minimum Gasteiger partial charge on any atom is -0.382 e. The van der Waals surface area contributed by atoms with Gasteiger partial charge in [-0.15, -0.1) is 0 Å². The number of ether oxygens (including phenoxy) is 1. The Morgan fingerprint density at radius 2 is 2.28 bits per heavy atom. The number of nitrogens with one attached hydrogen (secondary N) is 1. The van der Waals surface area contributed by atoms with Gasteiger partial charge < -0.3 is 15.0 Å². The van der Waals surface area contributed by atoms with E-state index >= 15 is 0 Å². The van der Waals surface area contributed by atoms with Crippen molar-refractivity contribution in [3.63, 3.8) is 0 Å². The van der Waals surface area contributed by atoms with Crippen LogP contribution in [0.2, 0.25) is 0 Å². The topological polar surface area (TPSA) is 41.6 Å². The highest BCUT2D eigenvalue weighted by Crippen LogP contribution is 2.12. The number of nitrogens with zero attached hydrogens (tertiary/aromatic N) is 1. The van der Waals surface area contributed by atoms with Crippen LogP contribution in [-0.4, -0.2) is 49.7 Å². The van der Waals surface area contributed by atoms with E-state index in [9.17, 15) is 4.79 Å². The van der Waals surface area contributed by atoms with Gasteiger partial charge in [-0.1, -0.05) is 6.92 Å². The van der Waals surface area contributed by atoms with Gasteiger partial charge in [-0.05, 0) is 39.2 Å². The fourth-order valence-corrected chi connectivity index (χ4v) is 2.35. The SMILES string of the molecule is CCCNC1CCCN(C(=O)CCCOCC)C1. The molecule has 106 valence electrons. The molecule has 18 heavy (non-hydrogen) atoms. The maximum absolute atomic E-state index is 12.0. The predicted octanol–water partition coefficient (Wildman–Crippen LogP) is 1.79. The van der Waals surface area contributed by atoms with E-state index < -0.39 is 0 Å². The van der Waals surface area contributed by atoms with Crippen LogP contribution in [0.5, 0.6) is 0 Å². The second kappa shape index (κ2) is 9.34. The first-order valence-corrected chi connectivity index (χ1v) is 7.36. The van der Waals surface area contributed by atoms with E-state index in [0.29, 0.717) is 19.1 Å². The van der Waals surface area contributed by atoms with Crippen molar-refractivity contribution in [1.82, 2.24) is 10.2 Å². The zero-order valence-electron chi connectivity index (χ0n) is 11.9. The van der Waals surface area contributed by atoms with E-state index in [4.69, 9.17) is 4.74 Å². The van der Waals surface area contributed by atoms with E-state index in [2.05, 4.69) is 12.2 Å². The van der Waals surface area contributed by atoms with Crippen molar-refractivity contribution < 1.29 is 9.53 Å². The summed E-state index contributed by atoms with van der Waals surface area (Å²) in [5, 5.41) is 3.51. The summed E-state index contributed by atoms with van der Waals surface area (Å²) < 4.78 is 5.26. The van der Waals surface area contributed by atoms with Crippen molar-refractivity contribution in [2.75, 3.05) is 32.8 Å². The summed E-state index contributed by atoms with van der Waals surface area (Å²) in [6.45, 7) is 8.46. The Labute approximate surface area is 111 Å². The summed E-state index contributed by atoms with van der Waals surface area (Å²) in [4.78, 5) is 14.0. The largest absolute Gasteiger partial charge is 0.382 e. The minimum absolute atomic E-state index is 0.290. The molecule has 0 bridgehead atoms. The Kier molecular flexibility index (Phi) is 8.01. The van der Waals surface area contributed by atoms with E-state index in [1.165, 1.54) is 6.42 Å². The highest BCUT2D eigenvalue weighted by molar-refractivity contribution is 5.76. The molecule has 1 heterocycles. The predicted molar refractivity (Wildman–Crippen MR) is 73.6 cm³/mol. The molecule has 0 spiro atoms. The van der Waals surface area contributed by atoms with Crippen molar-refractivity contribution in [3.05, 3.63) is 0 Å². The highest BCUT2D eigenvalue weighted by Gasteiger charge is 2.22. The van der Waals surface area contributed by atoms with Gasteiger partial charge in [-0.3, -0.25) is 4.79 Å². The number of likely N-dealkylation sites (tertiary alicyclic amines) is 1. The van der Waals surface area contributed by atoms with Crippen molar-refractivity contribution in [1.29, 1.82) is 0 Å². The van der Waals surface area contributed by atoms with Gasteiger partial charge in [0.05, 0.1) is 0 Å². The molecule has 1 rings (SSSR count). The summed E-state index contributed by atoms with van der Waals surface area (Å²) in [6, 6.07) is 0.495. The third kappa shape index (κ3) is 5.83. The quantitative estimate of drug-likeness (QED) is 0.673. The molecule has 0 saturated carbocycles. The first kappa shape index (κ1) is 15.4. The third-order valence-corrected chi connectivity index (χ3v) is 3.34. The number of hydrogen-bond acceptors (Lipinski definition) is 3. The number of rotatable bonds is 8. The second-order valence-corrected chi connectivity index (χ2v) is 4.93. The summed E-state index contributed by atoms with van der Waals surface area (Å²) >= 11 is 0. The molecule has 4 heteroatoms. The van der Waals surface area contributed by atoms with Gasteiger partial charge >= 0.3 is 0 Å². The van der Waals surface area contributed by atoms with Gasteiger partial charge in [-0.2, -0.15) is 0 Å². The molecule has 1 aliphatic heterocycles. The summed E-state index contributed by atoms with van der Waals surface area (Å²) in [5.74, 6) is 0.290. The molecular weight excluding hydrogens is 228 g/mol. The smallest absolute Gasteiger partial charge is 0.222 e. The molecule has 1 amide bonds. The summed E-state index contributed by atoms with van der Waals surface area (Å²) in [6.07, 6.45) is 4.94. The van der Waals surface area contributed by atoms with Crippen LogP contribution in [0.4, 0.5) is 0 Å². The van der Waals surface area contributed by atoms with Gasteiger partial charge in [0.2, 0.25) is 5.91 Å². The summed E-state index contributed by atoms with van der Waals surface area (Å²) in [7, 11) is 0. The molecule has 4 nitrogen and oxygen atoms in total. The molecule has 1 N–H and O–H groups in total. The van der Waals surface area contributed by atoms with Gasteiger partial charge in [0, 0.05) is 38.8 Å². The maximum atomic E-state index is 12.0. The van der Waals surface area contributed by atoms with Gasteiger partial charge in [0.25, 0.3) is 0 Å². The van der Waals surface area contributed by atoms with Gasteiger partial charge in [-0.25, -0.2) is 0 Å². The Morgan fingerprint density at radius 1 is 1.44 bits per heavy atom. The Balaban J connectivity index is 2.20. The average Bonchev–Trinajstić information content (AvgIpc) is 2.41. The lowest BCUT2D eigenvalue weighted by atomic mass is 10.0. The maximum Gasteiger partial charge on any atom is 0.222 e. The van der Waals surface area contributed by atoms with Crippen molar-refractivity contribution >= 4 is 5.91 Å². The number of carbonyl (C=O) groups is 1. The lowest BCUT2D eigenvalue weighted by Gasteiger charge is -2.33. The van der Waals surface area contributed by atoms with Crippen LogP contribution >= 0.6 is 0 Å². The Morgan fingerprint density at radius 3 is 3.00 bits per heavy atom. The van der Waals surface area contributed by atoms with E-state index in [1.54, 1.807) is 0 Å². The van der Waals surface area contributed by atoms with Crippen LogP contribution in [0.25, 0.3) is 0 Å². The molecule has 0 aliphatic carbocycles. The molecule has 1 fully saturated rings. The zero-order chi connectivity index (χ0) is 13.2. The number of hydrogen-bond donors (Lipinski definition) is 1. The third-order valence-electron chi connectivity index (χ3n) is 3.34. The van der Waals surface area contributed by atoms with Crippen LogP contribution in [-0.2, 0) is 9.53 Å². The second-order valence-electron chi connectivity index (χ2n) is 4.93.